The maximum absolute atomic E-state index is 4.41. The molecule has 1 nitrogen and oxygen atoms in total. The van der Waals surface area contributed by atoms with Crippen molar-refractivity contribution in [1.29, 1.82) is 0 Å². The molecule has 0 atom stereocenters. The molecule has 178 valence electrons. The number of nitrogens with zero attached hydrogens (tertiary/aromatic N) is 1. The van der Waals surface area contributed by atoms with E-state index >= 15 is 0 Å². The van der Waals surface area contributed by atoms with Crippen LogP contribution in [0.1, 0.15) is 22.2 Å². The molecule has 5 aromatic rings. The topological polar surface area (TPSA) is 3.24 Å². The molecule has 2 heterocycles. The summed E-state index contributed by atoms with van der Waals surface area (Å²) in [5.74, 6) is 0. The highest BCUT2D eigenvalue weighted by Gasteiger charge is 2.14. The summed E-state index contributed by atoms with van der Waals surface area (Å²) in [6.45, 7) is 8.67. The molecule has 0 aliphatic carbocycles. The minimum absolute atomic E-state index is 1.04. The van der Waals surface area contributed by atoms with Crippen molar-refractivity contribution in [2.24, 2.45) is 0 Å². The molecule has 0 amide bonds. The number of para-hydroxylation sites is 2. The first-order chi connectivity index (χ1) is 17.6. The van der Waals surface area contributed by atoms with Gasteiger partial charge in [0.2, 0.25) is 0 Å². The highest BCUT2D eigenvalue weighted by molar-refractivity contribution is 8.16. The molecule has 0 saturated carbocycles. The third-order valence-corrected chi connectivity index (χ3v) is 9.41. The van der Waals surface area contributed by atoms with Crippen LogP contribution >= 0.6 is 34.4 Å². The van der Waals surface area contributed by atoms with Gasteiger partial charge in [0.1, 0.15) is 0 Å². The van der Waals surface area contributed by atoms with Crippen LogP contribution in [0.5, 0.6) is 0 Å². The Morgan fingerprint density at radius 1 is 0.694 bits per heavy atom. The predicted octanol–water partition coefficient (Wildman–Crippen LogP) is 11.0. The summed E-state index contributed by atoms with van der Waals surface area (Å²) in [7, 11) is 0. The van der Waals surface area contributed by atoms with Crippen molar-refractivity contribution in [3.8, 4) is 9.75 Å². The first kappa shape index (κ1) is 24.4. The standard InChI is InChI=1S/C32H27NS3/c1-4-29(30-21-22-32(36-30)31-20-15-23(2)34-31)35-24(3)25-16-18-28(19-17-25)33(26-11-7-5-8-12-26)27-13-9-6-10-14-27/h4-22H,3H2,1-2H3/b29-4-. The molecule has 0 saturated heterocycles. The van der Waals surface area contributed by atoms with Crippen molar-refractivity contribution < 1.29 is 0 Å². The summed E-state index contributed by atoms with van der Waals surface area (Å²) in [4.78, 5) is 9.83. The van der Waals surface area contributed by atoms with Gasteiger partial charge in [-0.1, -0.05) is 72.9 Å². The second-order valence-electron chi connectivity index (χ2n) is 8.31. The van der Waals surface area contributed by atoms with Crippen LogP contribution in [0.3, 0.4) is 0 Å². The fourth-order valence-electron chi connectivity index (χ4n) is 4.01. The fourth-order valence-corrected chi connectivity index (χ4v) is 7.00. The van der Waals surface area contributed by atoms with Crippen LogP contribution in [0.4, 0.5) is 17.1 Å². The van der Waals surface area contributed by atoms with Crippen molar-refractivity contribution >= 4 is 61.3 Å². The lowest BCUT2D eigenvalue weighted by Crippen LogP contribution is -2.09. The highest BCUT2D eigenvalue weighted by Crippen LogP contribution is 2.44. The van der Waals surface area contributed by atoms with Gasteiger partial charge in [0.25, 0.3) is 0 Å². The van der Waals surface area contributed by atoms with Crippen molar-refractivity contribution in [1.82, 2.24) is 0 Å². The number of benzene rings is 3. The average molecular weight is 522 g/mol. The third kappa shape index (κ3) is 5.41. The Bertz CT molecular complexity index is 1440. The molecule has 3 aromatic carbocycles. The van der Waals surface area contributed by atoms with Gasteiger partial charge >= 0.3 is 0 Å². The van der Waals surface area contributed by atoms with Gasteiger partial charge in [-0.25, -0.2) is 0 Å². The number of thioether (sulfide) groups is 1. The minimum atomic E-state index is 1.04. The average Bonchev–Trinajstić information content (AvgIpc) is 3.58. The lowest BCUT2D eigenvalue weighted by Gasteiger charge is -2.25. The summed E-state index contributed by atoms with van der Waals surface area (Å²) in [6.07, 6.45) is 2.19. The molecule has 0 aliphatic heterocycles. The van der Waals surface area contributed by atoms with Gasteiger partial charge in [-0.15, -0.1) is 22.7 Å². The molecule has 36 heavy (non-hydrogen) atoms. The van der Waals surface area contributed by atoms with E-state index < -0.39 is 0 Å². The number of hydrogen-bond acceptors (Lipinski definition) is 4. The smallest absolute Gasteiger partial charge is 0.0462 e. The zero-order valence-electron chi connectivity index (χ0n) is 20.3. The molecular formula is C32H27NS3. The van der Waals surface area contributed by atoms with Crippen molar-refractivity contribution in [2.75, 3.05) is 4.90 Å². The van der Waals surface area contributed by atoms with E-state index in [0.717, 1.165) is 27.5 Å². The SMILES string of the molecule is C=C(S/C(=C\C)c1ccc(-c2ccc(C)s2)s1)c1ccc(N(c2ccccc2)c2ccccc2)cc1. The first-order valence-electron chi connectivity index (χ1n) is 11.8. The van der Waals surface area contributed by atoms with Crippen LogP contribution in [0, 0.1) is 6.92 Å². The maximum Gasteiger partial charge on any atom is 0.0462 e. The van der Waals surface area contributed by atoms with Gasteiger partial charge in [-0.05, 0) is 80.1 Å². The van der Waals surface area contributed by atoms with Crippen molar-refractivity contribution in [3.63, 3.8) is 0 Å². The van der Waals surface area contributed by atoms with E-state index in [1.165, 1.54) is 24.4 Å². The van der Waals surface area contributed by atoms with E-state index in [1.807, 2.05) is 34.8 Å². The number of anilines is 3. The lowest BCUT2D eigenvalue weighted by molar-refractivity contribution is 1.28. The fraction of sp³-hybridized carbons (Fsp3) is 0.0625. The molecule has 0 spiro atoms. The van der Waals surface area contributed by atoms with Gasteiger partial charge in [-0.3, -0.25) is 0 Å². The predicted molar refractivity (Wildman–Crippen MR) is 164 cm³/mol. The van der Waals surface area contributed by atoms with Crippen LogP contribution in [0.2, 0.25) is 0 Å². The molecule has 0 fully saturated rings. The molecule has 5 rings (SSSR count). The maximum atomic E-state index is 4.41. The second kappa shape index (κ2) is 11.2. The molecule has 0 N–H and O–H groups in total. The largest absolute Gasteiger partial charge is 0.311 e. The van der Waals surface area contributed by atoms with Crippen LogP contribution in [-0.4, -0.2) is 0 Å². The van der Waals surface area contributed by atoms with Gasteiger partial charge in [0.15, 0.2) is 0 Å². The zero-order chi connectivity index (χ0) is 24.9. The Morgan fingerprint density at radius 3 is 1.81 bits per heavy atom. The summed E-state index contributed by atoms with van der Waals surface area (Å²) >= 11 is 5.43. The van der Waals surface area contributed by atoms with Gasteiger partial charge in [-0.2, -0.15) is 0 Å². The Kier molecular flexibility index (Phi) is 7.57. The molecule has 0 bridgehead atoms. The van der Waals surface area contributed by atoms with E-state index in [0.29, 0.717) is 0 Å². The van der Waals surface area contributed by atoms with Gasteiger partial charge in [0, 0.05) is 46.4 Å². The van der Waals surface area contributed by atoms with Crippen LogP contribution < -0.4 is 4.90 Å². The summed E-state index contributed by atoms with van der Waals surface area (Å²) in [5.41, 5.74) is 4.52. The highest BCUT2D eigenvalue weighted by atomic mass is 32.2. The lowest BCUT2D eigenvalue weighted by atomic mass is 10.1. The van der Waals surface area contributed by atoms with E-state index in [4.69, 9.17) is 0 Å². The Labute approximate surface area is 226 Å². The third-order valence-electron chi connectivity index (χ3n) is 5.80. The molecular weight excluding hydrogens is 495 g/mol. The van der Waals surface area contributed by atoms with Crippen LogP contribution in [0.25, 0.3) is 19.6 Å². The van der Waals surface area contributed by atoms with E-state index in [-0.39, 0.29) is 0 Å². The normalized spacial score (nSPS) is 11.4. The minimum Gasteiger partial charge on any atom is -0.311 e. The van der Waals surface area contributed by atoms with Gasteiger partial charge in [0.05, 0.1) is 0 Å². The summed E-state index contributed by atoms with van der Waals surface area (Å²) in [5, 5.41) is 0. The number of thiophene rings is 2. The van der Waals surface area contributed by atoms with Gasteiger partial charge < -0.3 is 4.90 Å². The summed E-state index contributed by atoms with van der Waals surface area (Å²) < 4.78 is 0. The van der Waals surface area contributed by atoms with Crippen LogP contribution in [0.15, 0.2) is 122 Å². The Morgan fingerprint density at radius 2 is 1.25 bits per heavy atom. The Balaban J connectivity index is 1.35. The molecule has 0 unspecified atom stereocenters. The molecule has 4 heteroatoms. The van der Waals surface area contributed by atoms with E-state index in [9.17, 15) is 0 Å². The molecule has 0 aliphatic rings. The number of hydrogen-bond donors (Lipinski definition) is 0. The summed E-state index contributed by atoms with van der Waals surface area (Å²) in [6, 6.07) is 38.5. The number of aryl methyl sites for hydroxylation is 1. The first-order valence-corrected chi connectivity index (χ1v) is 14.3. The van der Waals surface area contributed by atoms with E-state index in [1.54, 1.807) is 11.8 Å². The zero-order valence-corrected chi connectivity index (χ0v) is 22.8. The Hall–Kier alpha value is -3.31. The molecule has 2 aromatic heterocycles. The van der Waals surface area contributed by atoms with Crippen LogP contribution in [-0.2, 0) is 0 Å². The van der Waals surface area contributed by atoms with E-state index in [2.05, 4.69) is 128 Å². The molecule has 0 radical (unpaired) electrons. The second-order valence-corrected chi connectivity index (χ2v) is 11.8. The monoisotopic (exact) mass is 521 g/mol. The number of allylic oxidation sites excluding steroid dienone is 1. The van der Waals surface area contributed by atoms with Crippen molar-refractivity contribution in [2.45, 2.75) is 13.8 Å². The quantitative estimate of drug-likeness (QED) is 0.200. The van der Waals surface area contributed by atoms with Crippen molar-refractivity contribution in [3.05, 3.63) is 137 Å². The number of rotatable bonds is 8.